The van der Waals surface area contributed by atoms with Crippen LogP contribution in [0.4, 0.5) is 11.6 Å². The Morgan fingerprint density at radius 2 is 1.64 bits per heavy atom. The van der Waals surface area contributed by atoms with Gasteiger partial charge in [0.1, 0.15) is 5.52 Å². The van der Waals surface area contributed by atoms with Crippen molar-refractivity contribution in [2.75, 3.05) is 11.4 Å². The highest BCUT2D eigenvalue weighted by Crippen LogP contribution is 2.40. The van der Waals surface area contributed by atoms with Crippen LogP contribution in [0.3, 0.4) is 0 Å². The topological polar surface area (TPSA) is 21.1 Å². The van der Waals surface area contributed by atoms with Crippen molar-refractivity contribution in [2.45, 2.75) is 52.0 Å². The van der Waals surface area contributed by atoms with E-state index in [2.05, 4.69) is 29.4 Å². The van der Waals surface area contributed by atoms with E-state index in [-0.39, 0.29) is 0 Å². The van der Waals surface area contributed by atoms with Gasteiger partial charge in [-0.15, -0.1) is 0 Å². The summed E-state index contributed by atoms with van der Waals surface area (Å²) in [5.74, 6) is 1.42. The molecule has 0 saturated carbocycles. The molecule has 2 heterocycles. The van der Waals surface area contributed by atoms with Gasteiger partial charge in [-0.05, 0) is 61.4 Å². The van der Waals surface area contributed by atoms with Crippen molar-refractivity contribution in [1.29, 1.82) is 0 Å². The summed E-state index contributed by atoms with van der Waals surface area (Å²) in [7, 11) is 0. The molecule has 0 N–H and O–H groups in total. The lowest BCUT2D eigenvalue weighted by Crippen LogP contribution is -2.20. The Morgan fingerprint density at radius 1 is 0.964 bits per heavy atom. The molecule has 0 unspecified atom stereocenters. The Bertz CT molecular complexity index is 988. The molecule has 0 atom stereocenters. The average molecular weight is 437 g/mol. The fourth-order valence-electron chi connectivity index (χ4n) is 4.28. The van der Waals surface area contributed by atoms with Crippen LogP contribution >= 0.6 is 34.8 Å². The number of anilines is 2. The van der Waals surface area contributed by atoms with Gasteiger partial charge in [0, 0.05) is 28.8 Å². The van der Waals surface area contributed by atoms with Gasteiger partial charge < -0.3 is 9.47 Å². The summed E-state index contributed by atoms with van der Waals surface area (Å²) in [4.78, 5) is 7.23. The standard InChI is InChI=1S/C22H24Cl3N3/c1-3-14(4-2)18-7-8-19(25)20-21(18)28-10-6-5-9-27(22(28)26-20)17-12-15(23)11-16(24)13-17/h7-8,11-14H,3-6,9-10H2,1-2H3. The number of hydrogen-bond acceptors (Lipinski definition) is 2. The average Bonchev–Trinajstić information content (AvgIpc) is 2.91. The number of aryl methyl sites for hydroxylation is 1. The number of benzene rings is 2. The lowest BCUT2D eigenvalue weighted by Gasteiger charge is -2.23. The van der Waals surface area contributed by atoms with Crippen molar-refractivity contribution in [3.8, 4) is 0 Å². The molecule has 1 aliphatic rings. The lowest BCUT2D eigenvalue weighted by molar-refractivity contribution is 0.632. The van der Waals surface area contributed by atoms with E-state index >= 15 is 0 Å². The van der Waals surface area contributed by atoms with Gasteiger partial charge in [0.05, 0.1) is 10.5 Å². The van der Waals surface area contributed by atoms with Crippen LogP contribution in [-0.4, -0.2) is 16.1 Å². The van der Waals surface area contributed by atoms with Crippen LogP contribution in [0.25, 0.3) is 11.0 Å². The molecule has 0 amide bonds. The molecular weight excluding hydrogens is 413 g/mol. The first-order chi connectivity index (χ1) is 13.5. The maximum Gasteiger partial charge on any atom is 0.211 e. The molecule has 6 heteroatoms. The van der Waals surface area contributed by atoms with Crippen LogP contribution in [0.1, 0.15) is 51.0 Å². The van der Waals surface area contributed by atoms with E-state index in [1.165, 1.54) is 11.1 Å². The maximum absolute atomic E-state index is 6.59. The normalized spacial score (nSPS) is 14.6. The Morgan fingerprint density at radius 3 is 2.32 bits per heavy atom. The molecule has 1 aliphatic heterocycles. The van der Waals surface area contributed by atoms with Crippen molar-refractivity contribution in [1.82, 2.24) is 9.55 Å². The fraction of sp³-hybridized carbons (Fsp3) is 0.409. The molecule has 3 nitrogen and oxygen atoms in total. The third-order valence-corrected chi connectivity index (χ3v) is 6.44. The first-order valence-electron chi connectivity index (χ1n) is 9.95. The van der Waals surface area contributed by atoms with E-state index in [0.29, 0.717) is 21.0 Å². The van der Waals surface area contributed by atoms with Crippen molar-refractivity contribution in [3.05, 3.63) is 51.0 Å². The first-order valence-corrected chi connectivity index (χ1v) is 11.1. The number of aromatic nitrogens is 2. The molecule has 0 spiro atoms. The zero-order valence-corrected chi connectivity index (χ0v) is 18.5. The van der Waals surface area contributed by atoms with Crippen LogP contribution < -0.4 is 4.90 Å². The molecule has 0 radical (unpaired) electrons. The summed E-state index contributed by atoms with van der Waals surface area (Å²) in [6.45, 7) is 6.30. The van der Waals surface area contributed by atoms with Crippen LogP contribution in [0.5, 0.6) is 0 Å². The maximum atomic E-state index is 6.59. The summed E-state index contributed by atoms with van der Waals surface area (Å²) in [5.41, 5.74) is 4.38. The van der Waals surface area contributed by atoms with E-state index in [9.17, 15) is 0 Å². The minimum Gasteiger partial charge on any atom is -0.312 e. The van der Waals surface area contributed by atoms with E-state index in [1.54, 1.807) is 6.07 Å². The van der Waals surface area contributed by atoms with Crippen LogP contribution in [0, 0.1) is 0 Å². The molecule has 0 bridgehead atoms. The molecule has 1 aromatic heterocycles. The SMILES string of the molecule is CCC(CC)c1ccc(Cl)c2nc3n(c12)CCCCN3c1cc(Cl)cc(Cl)c1. The Hall–Kier alpha value is -1.42. The molecule has 148 valence electrons. The molecule has 2 aromatic carbocycles. The number of fused-ring (bicyclic) bond motifs is 3. The van der Waals surface area contributed by atoms with E-state index in [1.807, 2.05) is 18.2 Å². The van der Waals surface area contributed by atoms with Crippen LogP contribution in [0.2, 0.25) is 15.1 Å². The Labute approximate surface area is 181 Å². The van der Waals surface area contributed by atoms with Gasteiger partial charge in [-0.1, -0.05) is 54.7 Å². The zero-order chi connectivity index (χ0) is 19.8. The second kappa shape index (κ2) is 8.14. The van der Waals surface area contributed by atoms with Crippen LogP contribution in [-0.2, 0) is 6.54 Å². The minimum absolute atomic E-state index is 0.498. The van der Waals surface area contributed by atoms with Crippen molar-refractivity contribution < 1.29 is 0 Å². The smallest absolute Gasteiger partial charge is 0.211 e. The highest BCUT2D eigenvalue weighted by Gasteiger charge is 2.26. The van der Waals surface area contributed by atoms with Crippen LogP contribution in [0.15, 0.2) is 30.3 Å². The van der Waals surface area contributed by atoms with Gasteiger partial charge in [-0.3, -0.25) is 0 Å². The molecule has 0 fully saturated rings. The second-order valence-corrected chi connectivity index (χ2v) is 8.68. The number of rotatable bonds is 4. The molecule has 28 heavy (non-hydrogen) atoms. The predicted molar refractivity (Wildman–Crippen MR) is 121 cm³/mol. The molecule has 0 saturated heterocycles. The van der Waals surface area contributed by atoms with E-state index in [4.69, 9.17) is 39.8 Å². The second-order valence-electron chi connectivity index (χ2n) is 7.40. The molecule has 4 rings (SSSR count). The molecule has 3 aromatic rings. The van der Waals surface area contributed by atoms with Crippen molar-refractivity contribution in [3.63, 3.8) is 0 Å². The largest absolute Gasteiger partial charge is 0.312 e. The summed E-state index contributed by atoms with van der Waals surface area (Å²) in [5, 5.41) is 1.96. The Balaban J connectivity index is 1.96. The van der Waals surface area contributed by atoms with Crippen molar-refractivity contribution in [2.24, 2.45) is 0 Å². The monoisotopic (exact) mass is 435 g/mol. The number of imidazole rings is 1. The van der Waals surface area contributed by atoms with Gasteiger partial charge in [0.25, 0.3) is 0 Å². The summed E-state index contributed by atoms with van der Waals surface area (Å²) >= 11 is 19.2. The van der Waals surface area contributed by atoms with Gasteiger partial charge in [-0.2, -0.15) is 0 Å². The number of halogens is 3. The third-order valence-electron chi connectivity index (χ3n) is 5.70. The van der Waals surface area contributed by atoms with Gasteiger partial charge >= 0.3 is 0 Å². The first kappa shape index (κ1) is 19.9. The quantitative estimate of drug-likeness (QED) is 0.415. The number of hydrogen-bond donors (Lipinski definition) is 0. The van der Waals surface area contributed by atoms with Gasteiger partial charge in [0.2, 0.25) is 5.95 Å². The predicted octanol–water partition coefficient (Wildman–Crippen LogP) is 7.83. The Kier molecular flexibility index (Phi) is 5.78. The highest BCUT2D eigenvalue weighted by atomic mass is 35.5. The lowest BCUT2D eigenvalue weighted by atomic mass is 9.93. The number of nitrogens with zero attached hydrogens (tertiary/aromatic N) is 3. The minimum atomic E-state index is 0.498. The van der Waals surface area contributed by atoms with Crippen molar-refractivity contribution >= 4 is 57.5 Å². The summed E-state index contributed by atoms with van der Waals surface area (Å²) in [6, 6.07) is 9.83. The van der Waals surface area contributed by atoms with E-state index in [0.717, 1.165) is 55.9 Å². The van der Waals surface area contributed by atoms with Gasteiger partial charge in [0.15, 0.2) is 0 Å². The summed E-state index contributed by atoms with van der Waals surface area (Å²) < 4.78 is 2.34. The molecular formula is C22H24Cl3N3. The highest BCUT2D eigenvalue weighted by molar-refractivity contribution is 6.35. The zero-order valence-electron chi connectivity index (χ0n) is 16.2. The van der Waals surface area contributed by atoms with Gasteiger partial charge in [-0.25, -0.2) is 4.98 Å². The molecule has 0 aliphatic carbocycles. The van der Waals surface area contributed by atoms with E-state index < -0.39 is 0 Å². The fourth-order valence-corrected chi connectivity index (χ4v) is 4.99. The summed E-state index contributed by atoms with van der Waals surface area (Å²) in [6.07, 6.45) is 4.37. The third kappa shape index (κ3) is 3.49.